The molecule has 1 amide bonds. The van der Waals surface area contributed by atoms with Gasteiger partial charge < -0.3 is 10.4 Å². The van der Waals surface area contributed by atoms with Crippen molar-refractivity contribution < 1.29 is 14.7 Å². The van der Waals surface area contributed by atoms with E-state index >= 15 is 0 Å². The number of carboxylic acids is 1. The summed E-state index contributed by atoms with van der Waals surface area (Å²) in [5, 5.41) is 14.4. The highest BCUT2D eigenvalue weighted by atomic mass is 16.4. The number of carbonyl (C=O) groups is 2. The Morgan fingerprint density at radius 1 is 1.04 bits per heavy atom. The number of carbonyl (C=O) groups excluding carboxylic acids is 1. The van der Waals surface area contributed by atoms with Gasteiger partial charge in [0.2, 0.25) is 5.91 Å². The van der Waals surface area contributed by atoms with Crippen molar-refractivity contribution in [2.75, 3.05) is 6.54 Å². The maximum atomic E-state index is 12.3. The molecule has 0 aliphatic carbocycles. The molecule has 0 aliphatic heterocycles. The standard InChI is InChI=1S/C19H23NO3/c1-3-19(4-2,18(22)23)13-20-17(21)12-15-10-7-9-14-8-5-6-11-16(14)15/h5-11H,3-4,12-13H2,1-2H3,(H,20,21)(H,22,23). The highest BCUT2D eigenvalue weighted by Crippen LogP contribution is 2.26. The van der Waals surface area contributed by atoms with Crippen LogP contribution in [-0.4, -0.2) is 23.5 Å². The van der Waals surface area contributed by atoms with E-state index < -0.39 is 11.4 Å². The van der Waals surface area contributed by atoms with Crippen LogP contribution in [0.3, 0.4) is 0 Å². The summed E-state index contributed by atoms with van der Waals surface area (Å²) in [6.45, 7) is 3.85. The minimum absolute atomic E-state index is 0.145. The first-order valence-corrected chi connectivity index (χ1v) is 7.99. The zero-order valence-corrected chi connectivity index (χ0v) is 13.6. The Hall–Kier alpha value is -2.36. The highest BCUT2D eigenvalue weighted by Gasteiger charge is 2.35. The Morgan fingerprint density at radius 2 is 1.70 bits per heavy atom. The molecule has 0 aliphatic rings. The molecular formula is C19H23NO3. The second-order valence-corrected chi connectivity index (χ2v) is 5.88. The van der Waals surface area contributed by atoms with Gasteiger partial charge in [-0.25, -0.2) is 0 Å². The largest absolute Gasteiger partial charge is 0.481 e. The molecular weight excluding hydrogens is 290 g/mol. The summed E-state index contributed by atoms with van der Waals surface area (Å²) >= 11 is 0. The van der Waals surface area contributed by atoms with Gasteiger partial charge in [0, 0.05) is 6.54 Å². The van der Waals surface area contributed by atoms with Crippen molar-refractivity contribution in [2.24, 2.45) is 5.41 Å². The van der Waals surface area contributed by atoms with Gasteiger partial charge in [-0.1, -0.05) is 56.3 Å². The molecule has 0 aromatic heterocycles. The summed E-state index contributed by atoms with van der Waals surface area (Å²) in [4.78, 5) is 23.7. The Balaban J connectivity index is 2.09. The number of aliphatic carboxylic acids is 1. The Labute approximate surface area is 136 Å². The van der Waals surface area contributed by atoms with Crippen LogP contribution in [0.5, 0.6) is 0 Å². The lowest BCUT2D eigenvalue weighted by Gasteiger charge is -2.26. The van der Waals surface area contributed by atoms with Crippen molar-refractivity contribution >= 4 is 22.6 Å². The molecule has 0 heterocycles. The van der Waals surface area contributed by atoms with Gasteiger partial charge in [0.1, 0.15) is 0 Å². The van der Waals surface area contributed by atoms with E-state index in [1.165, 1.54) is 0 Å². The molecule has 0 saturated carbocycles. The maximum Gasteiger partial charge on any atom is 0.311 e. The summed E-state index contributed by atoms with van der Waals surface area (Å²) in [5.74, 6) is -0.998. The predicted molar refractivity (Wildman–Crippen MR) is 91.3 cm³/mol. The normalized spacial score (nSPS) is 11.4. The molecule has 2 N–H and O–H groups in total. The summed E-state index contributed by atoms with van der Waals surface area (Å²) in [6, 6.07) is 13.8. The molecule has 122 valence electrons. The molecule has 4 nitrogen and oxygen atoms in total. The Kier molecular flexibility index (Phi) is 5.37. The van der Waals surface area contributed by atoms with Crippen molar-refractivity contribution in [2.45, 2.75) is 33.1 Å². The SMILES string of the molecule is CCC(CC)(CNC(=O)Cc1cccc2ccccc12)C(=O)O. The summed E-state index contributed by atoms with van der Waals surface area (Å²) in [7, 11) is 0. The molecule has 0 unspecified atom stereocenters. The first-order valence-electron chi connectivity index (χ1n) is 7.99. The van der Waals surface area contributed by atoms with E-state index in [0.717, 1.165) is 16.3 Å². The fraction of sp³-hybridized carbons (Fsp3) is 0.368. The van der Waals surface area contributed by atoms with Crippen molar-refractivity contribution in [3.05, 3.63) is 48.0 Å². The van der Waals surface area contributed by atoms with Crippen molar-refractivity contribution in [1.82, 2.24) is 5.32 Å². The third-order valence-corrected chi connectivity index (χ3v) is 4.66. The van der Waals surface area contributed by atoms with Crippen molar-refractivity contribution in [1.29, 1.82) is 0 Å². The highest BCUT2D eigenvalue weighted by molar-refractivity contribution is 5.90. The van der Waals surface area contributed by atoms with E-state index in [-0.39, 0.29) is 18.9 Å². The molecule has 2 aromatic carbocycles. The topological polar surface area (TPSA) is 66.4 Å². The van der Waals surface area contributed by atoms with E-state index in [4.69, 9.17) is 0 Å². The van der Waals surface area contributed by atoms with Gasteiger partial charge in [0.05, 0.1) is 11.8 Å². The van der Waals surface area contributed by atoms with Gasteiger partial charge in [-0.05, 0) is 29.2 Å². The van der Waals surface area contributed by atoms with E-state index in [9.17, 15) is 14.7 Å². The van der Waals surface area contributed by atoms with Crippen LogP contribution < -0.4 is 5.32 Å². The zero-order valence-electron chi connectivity index (χ0n) is 13.6. The van der Waals surface area contributed by atoms with E-state index in [2.05, 4.69) is 5.32 Å². The number of amides is 1. The Bertz CT molecular complexity index is 699. The van der Waals surface area contributed by atoms with Crippen molar-refractivity contribution in [3.63, 3.8) is 0 Å². The number of hydrogen-bond acceptors (Lipinski definition) is 2. The predicted octanol–water partition coefficient (Wildman–Crippen LogP) is 3.39. The molecule has 0 radical (unpaired) electrons. The third kappa shape index (κ3) is 3.70. The second kappa shape index (κ2) is 7.27. The maximum absolute atomic E-state index is 12.3. The van der Waals surface area contributed by atoms with Gasteiger partial charge in [0.15, 0.2) is 0 Å². The van der Waals surface area contributed by atoms with E-state index in [1.54, 1.807) is 0 Å². The number of fused-ring (bicyclic) bond motifs is 1. The molecule has 0 spiro atoms. The van der Waals surface area contributed by atoms with Crippen LogP contribution in [0.15, 0.2) is 42.5 Å². The first kappa shape index (κ1) is 17.0. The quantitative estimate of drug-likeness (QED) is 0.823. The molecule has 0 fully saturated rings. The molecule has 0 bridgehead atoms. The average Bonchev–Trinajstić information content (AvgIpc) is 2.56. The van der Waals surface area contributed by atoms with Gasteiger partial charge in [-0.3, -0.25) is 9.59 Å². The van der Waals surface area contributed by atoms with Crippen LogP contribution in [0.4, 0.5) is 0 Å². The van der Waals surface area contributed by atoms with Crippen LogP contribution in [0.2, 0.25) is 0 Å². The third-order valence-electron chi connectivity index (χ3n) is 4.66. The molecule has 0 atom stereocenters. The van der Waals surface area contributed by atoms with E-state index in [0.29, 0.717) is 12.8 Å². The van der Waals surface area contributed by atoms with Crippen LogP contribution in [0.1, 0.15) is 32.3 Å². The summed E-state index contributed by atoms with van der Waals surface area (Å²) in [6.07, 6.45) is 1.24. The smallest absolute Gasteiger partial charge is 0.311 e. The minimum Gasteiger partial charge on any atom is -0.481 e. The minimum atomic E-state index is -0.881. The van der Waals surface area contributed by atoms with Crippen molar-refractivity contribution in [3.8, 4) is 0 Å². The molecule has 2 aromatic rings. The van der Waals surface area contributed by atoms with Gasteiger partial charge in [0.25, 0.3) is 0 Å². The van der Waals surface area contributed by atoms with Gasteiger partial charge in [-0.2, -0.15) is 0 Å². The van der Waals surface area contributed by atoms with Crippen LogP contribution in [0.25, 0.3) is 10.8 Å². The van der Waals surface area contributed by atoms with Gasteiger partial charge >= 0.3 is 5.97 Å². The van der Waals surface area contributed by atoms with Crippen LogP contribution >= 0.6 is 0 Å². The second-order valence-electron chi connectivity index (χ2n) is 5.88. The molecule has 2 rings (SSSR count). The van der Waals surface area contributed by atoms with Crippen LogP contribution in [0, 0.1) is 5.41 Å². The lowest BCUT2D eigenvalue weighted by molar-refractivity contribution is -0.149. The lowest BCUT2D eigenvalue weighted by atomic mass is 9.82. The molecule has 0 saturated heterocycles. The van der Waals surface area contributed by atoms with Crippen LogP contribution in [-0.2, 0) is 16.0 Å². The number of carboxylic acid groups (broad SMARTS) is 1. The number of nitrogens with one attached hydrogen (secondary N) is 1. The monoisotopic (exact) mass is 313 g/mol. The zero-order chi connectivity index (χ0) is 16.9. The summed E-state index contributed by atoms with van der Waals surface area (Å²) < 4.78 is 0. The fourth-order valence-corrected chi connectivity index (χ4v) is 2.83. The van der Waals surface area contributed by atoms with E-state index in [1.807, 2.05) is 56.3 Å². The molecule has 4 heteroatoms. The number of rotatable bonds is 7. The number of hydrogen-bond donors (Lipinski definition) is 2. The van der Waals surface area contributed by atoms with Gasteiger partial charge in [-0.15, -0.1) is 0 Å². The Morgan fingerprint density at radius 3 is 2.35 bits per heavy atom. The number of benzene rings is 2. The fourth-order valence-electron chi connectivity index (χ4n) is 2.83. The first-order chi connectivity index (χ1) is 11.0. The summed E-state index contributed by atoms with van der Waals surface area (Å²) in [5.41, 5.74) is 0.0727. The molecule has 23 heavy (non-hydrogen) atoms. The lowest BCUT2D eigenvalue weighted by Crippen LogP contribution is -2.42. The average molecular weight is 313 g/mol.